The van der Waals surface area contributed by atoms with Gasteiger partial charge in [-0.25, -0.2) is 0 Å². The van der Waals surface area contributed by atoms with Gasteiger partial charge in [0.25, 0.3) is 0 Å². The first-order valence-corrected chi connectivity index (χ1v) is 6.27. The van der Waals surface area contributed by atoms with Crippen molar-refractivity contribution in [2.45, 2.75) is 33.6 Å². The highest BCUT2D eigenvalue weighted by Crippen LogP contribution is 2.50. The molecule has 2 aliphatic rings. The van der Waals surface area contributed by atoms with Crippen LogP contribution < -0.4 is 0 Å². The van der Waals surface area contributed by atoms with E-state index in [1.54, 1.807) is 0 Å². The highest BCUT2D eigenvalue weighted by Gasteiger charge is 2.40. The van der Waals surface area contributed by atoms with Gasteiger partial charge in [0.1, 0.15) is 12.6 Å². The Morgan fingerprint density at radius 2 is 1.94 bits per heavy atom. The van der Waals surface area contributed by atoms with Crippen LogP contribution in [0.1, 0.15) is 33.6 Å². The standard InChI is InChI=1S/C15H20O2/c1-10-4-12(8-16)13(9-17)5-11-6-15(2,3)7-14(10)11/h4-5,8-9,11-12,14H,6-7H2,1-3H3/t11-,12?,14-/m1/s1. The lowest BCUT2D eigenvalue weighted by Crippen LogP contribution is -2.07. The molecule has 0 amide bonds. The lowest BCUT2D eigenvalue weighted by Gasteiger charge is -2.17. The van der Waals surface area contributed by atoms with Gasteiger partial charge in [-0.2, -0.15) is 0 Å². The molecule has 0 aromatic carbocycles. The molecule has 1 saturated carbocycles. The summed E-state index contributed by atoms with van der Waals surface area (Å²) in [6.45, 7) is 6.65. The molecular formula is C15H20O2. The van der Waals surface area contributed by atoms with Gasteiger partial charge in [-0.1, -0.05) is 31.6 Å². The Balaban J connectivity index is 2.40. The van der Waals surface area contributed by atoms with E-state index in [0.717, 1.165) is 25.4 Å². The SMILES string of the molecule is CC1=CC(C=O)C(C=O)=C[C@@H]2CC(C)(C)C[C@H]12. The van der Waals surface area contributed by atoms with Crippen LogP contribution in [0.2, 0.25) is 0 Å². The zero-order valence-corrected chi connectivity index (χ0v) is 10.8. The average Bonchev–Trinajstić information content (AvgIpc) is 2.52. The summed E-state index contributed by atoms with van der Waals surface area (Å²) in [5.74, 6) is 0.595. The van der Waals surface area contributed by atoms with Crippen molar-refractivity contribution < 1.29 is 9.59 Å². The maximum Gasteiger partial charge on any atom is 0.146 e. The van der Waals surface area contributed by atoms with Crippen molar-refractivity contribution in [1.82, 2.24) is 0 Å². The van der Waals surface area contributed by atoms with E-state index in [1.165, 1.54) is 5.57 Å². The highest BCUT2D eigenvalue weighted by atomic mass is 16.1. The molecule has 0 radical (unpaired) electrons. The van der Waals surface area contributed by atoms with E-state index in [-0.39, 0.29) is 5.92 Å². The number of allylic oxidation sites excluding steroid dienone is 4. The number of carbonyl (C=O) groups is 2. The number of aldehydes is 2. The molecule has 2 nitrogen and oxygen atoms in total. The zero-order chi connectivity index (χ0) is 12.6. The molecule has 17 heavy (non-hydrogen) atoms. The molecule has 3 atom stereocenters. The Labute approximate surface area is 103 Å². The molecular weight excluding hydrogens is 212 g/mol. The molecule has 92 valence electrons. The summed E-state index contributed by atoms with van der Waals surface area (Å²) in [6, 6.07) is 0. The van der Waals surface area contributed by atoms with Crippen LogP contribution in [0.5, 0.6) is 0 Å². The van der Waals surface area contributed by atoms with Gasteiger partial charge in [0.05, 0.1) is 5.92 Å². The fourth-order valence-electron chi connectivity index (χ4n) is 3.38. The molecule has 0 saturated heterocycles. The summed E-state index contributed by atoms with van der Waals surface area (Å²) < 4.78 is 0. The second kappa shape index (κ2) is 4.25. The zero-order valence-electron chi connectivity index (χ0n) is 10.8. The molecule has 1 fully saturated rings. The summed E-state index contributed by atoms with van der Waals surface area (Å²) in [7, 11) is 0. The van der Waals surface area contributed by atoms with E-state index in [9.17, 15) is 9.59 Å². The lowest BCUT2D eigenvalue weighted by molar-refractivity contribution is -0.111. The first-order chi connectivity index (χ1) is 7.96. The largest absolute Gasteiger partial charge is 0.302 e. The second-order valence-corrected chi connectivity index (χ2v) is 6.20. The molecule has 0 spiro atoms. The summed E-state index contributed by atoms with van der Waals surface area (Å²) >= 11 is 0. The van der Waals surface area contributed by atoms with Gasteiger partial charge in [0.15, 0.2) is 0 Å². The maximum atomic E-state index is 11.1. The van der Waals surface area contributed by atoms with Crippen LogP contribution in [0, 0.1) is 23.2 Å². The molecule has 0 aromatic rings. The molecule has 1 unspecified atom stereocenters. The minimum Gasteiger partial charge on any atom is -0.302 e. The van der Waals surface area contributed by atoms with Crippen molar-refractivity contribution >= 4 is 12.6 Å². The molecule has 0 aromatic heterocycles. The van der Waals surface area contributed by atoms with E-state index in [1.807, 2.05) is 12.2 Å². The second-order valence-electron chi connectivity index (χ2n) is 6.20. The van der Waals surface area contributed by atoms with Crippen molar-refractivity contribution in [3.05, 3.63) is 23.3 Å². The fourth-order valence-corrected chi connectivity index (χ4v) is 3.38. The van der Waals surface area contributed by atoms with Gasteiger partial charge in [-0.05, 0) is 37.0 Å². The van der Waals surface area contributed by atoms with E-state index in [4.69, 9.17) is 0 Å². The van der Waals surface area contributed by atoms with E-state index in [2.05, 4.69) is 20.8 Å². The molecule has 2 rings (SSSR count). The first kappa shape index (κ1) is 12.3. The van der Waals surface area contributed by atoms with Crippen LogP contribution in [-0.2, 0) is 9.59 Å². The van der Waals surface area contributed by atoms with Crippen molar-refractivity contribution in [1.29, 1.82) is 0 Å². The molecule has 0 N–H and O–H groups in total. The minimum atomic E-state index is -0.332. The van der Waals surface area contributed by atoms with Crippen LogP contribution in [0.15, 0.2) is 23.3 Å². The summed E-state index contributed by atoms with van der Waals surface area (Å²) in [4.78, 5) is 22.1. The number of rotatable bonds is 2. The predicted octanol–water partition coefficient (Wildman–Crippen LogP) is 2.94. The summed E-state index contributed by atoms with van der Waals surface area (Å²) in [5.41, 5.74) is 2.25. The summed E-state index contributed by atoms with van der Waals surface area (Å²) in [5, 5.41) is 0. The van der Waals surface area contributed by atoms with E-state index >= 15 is 0 Å². The normalized spacial score (nSPS) is 35.4. The number of hydrogen-bond acceptors (Lipinski definition) is 2. The molecule has 2 aliphatic carbocycles. The van der Waals surface area contributed by atoms with Crippen molar-refractivity contribution in [3.63, 3.8) is 0 Å². The Kier molecular flexibility index (Phi) is 3.07. The summed E-state index contributed by atoms with van der Waals surface area (Å²) in [6.07, 6.45) is 7.98. The van der Waals surface area contributed by atoms with Crippen LogP contribution in [-0.4, -0.2) is 12.6 Å². The van der Waals surface area contributed by atoms with Gasteiger partial charge >= 0.3 is 0 Å². The van der Waals surface area contributed by atoms with Crippen LogP contribution >= 0.6 is 0 Å². The van der Waals surface area contributed by atoms with Crippen molar-refractivity contribution in [2.24, 2.45) is 23.2 Å². The minimum absolute atomic E-state index is 0.332. The number of fused-ring (bicyclic) bond motifs is 1. The van der Waals surface area contributed by atoms with Crippen molar-refractivity contribution in [2.75, 3.05) is 0 Å². The fraction of sp³-hybridized carbons (Fsp3) is 0.600. The highest BCUT2D eigenvalue weighted by molar-refractivity contribution is 5.83. The van der Waals surface area contributed by atoms with Gasteiger partial charge in [0, 0.05) is 5.57 Å². The lowest BCUT2D eigenvalue weighted by atomic mass is 9.88. The Hall–Kier alpha value is -1.18. The van der Waals surface area contributed by atoms with Crippen molar-refractivity contribution in [3.8, 4) is 0 Å². The molecule has 0 heterocycles. The monoisotopic (exact) mass is 232 g/mol. The Bertz CT molecular complexity index is 401. The van der Waals surface area contributed by atoms with Crippen LogP contribution in [0.4, 0.5) is 0 Å². The topological polar surface area (TPSA) is 34.1 Å². The van der Waals surface area contributed by atoms with Gasteiger partial charge in [-0.15, -0.1) is 0 Å². The number of carbonyl (C=O) groups excluding carboxylic acids is 2. The number of hydrogen-bond donors (Lipinski definition) is 0. The van der Waals surface area contributed by atoms with Gasteiger partial charge < -0.3 is 4.79 Å². The van der Waals surface area contributed by atoms with Gasteiger partial charge in [-0.3, -0.25) is 4.79 Å². The molecule has 2 heteroatoms. The van der Waals surface area contributed by atoms with Crippen LogP contribution in [0.3, 0.4) is 0 Å². The first-order valence-electron chi connectivity index (χ1n) is 6.27. The smallest absolute Gasteiger partial charge is 0.146 e. The third-order valence-electron chi connectivity index (χ3n) is 4.18. The third-order valence-corrected chi connectivity index (χ3v) is 4.18. The van der Waals surface area contributed by atoms with Crippen LogP contribution in [0.25, 0.3) is 0 Å². The van der Waals surface area contributed by atoms with E-state index < -0.39 is 0 Å². The molecule has 0 bridgehead atoms. The Morgan fingerprint density at radius 1 is 1.24 bits per heavy atom. The van der Waals surface area contributed by atoms with Gasteiger partial charge in [0.2, 0.25) is 0 Å². The maximum absolute atomic E-state index is 11.1. The Morgan fingerprint density at radius 3 is 2.53 bits per heavy atom. The molecule has 0 aliphatic heterocycles. The predicted molar refractivity (Wildman–Crippen MR) is 67.5 cm³/mol. The quantitative estimate of drug-likeness (QED) is 0.542. The van der Waals surface area contributed by atoms with E-state index in [0.29, 0.717) is 22.8 Å². The third kappa shape index (κ3) is 2.26. The average molecular weight is 232 g/mol.